The Morgan fingerprint density at radius 2 is 1.58 bits per heavy atom. The highest BCUT2D eigenvalue weighted by Gasteiger charge is 2.70. The molecule has 0 aromatic heterocycles. The second kappa shape index (κ2) is 11.2. The third-order valence-corrected chi connectivity index (χ3v) is 15.6. The Morgan fingerprint density at radius 1 is 0.889 bits per heavy atom. The third kappa shape index (κ3) is 5.08. The summed E-state index contributed by atoms with van der Waals surface area (Å²) in [5.41, 5.74) is 0.388. The lowest BCUT2D eigenvalue weighted by Crippen LogP contribution is -3.13. The van der Waals surface area contributed by atoms with Crippen molar-refractivity contribution >= 4 is 17.7 Å². The zero-order valence-electron chi connectivity index (χ0n) is 29.7. The highest BCUT2D eigenvalue weighted by atomic mass is 16.5. The van der Waals surface area contributed by atoms with Crippen molar-refractivity contribution in [2.45, 2.75) is 139 Å². The number of piperidine rings is 1. The van der Waals surface area contributed by atoms with Crippen molar-refractivity contribution in [3.8, 4) is 0 Å². The summed E-state index contributed by atoms with van der Waals surface area (Å²) >= 11 is 0. The molecule has 5 fully saturated rings. The Kier molecular flexibility index (Phi) is 8.26. The molecule has 0 spiro atoms. The molecule has 0 aromatic carbocycles. The maximum Gasteiger partial charge on any atom is 0.312 e. The number of carbonyl (C=O) groups is 3. The smallest absolute Gasteiger partial charge is 0.312 e. The standard InChI is InChI=1S/C39H61NO5/c1-26(41)45-31-13-14-37(6)30(34(31,2)3)12-15-39(8)32(37)29(42)24-27-28-25-36(5,17-16-35(28,4)18-19-38(27,39)7)33(43)44-23-22-40-20-10-9-11-21-40/h24,28,30-32H,9-23,25H2,1-8H3/p+1/t28-,30-,31-,32-,35-,36+,37+,38+,39-/m1/s1. The minimum Gasteiger partial charge on any atom is -0.462 e. The fourth-order valence-electron chi connectivity index (χ4n) is 12.5. The average molecular weight is 625 g/mol. The van der Waals surface area contributed by atoms with Crippen LogP contribution in [-0.2, 0) is 23.9 Å². The van der Waals surface area contributed by atoms with Gasteiger partial charge in [0.2, 0.25) is 0 Å². The molecule has 6 heteroatoms. The quantitative estimate of drug-likeness (QED) is 0.353. The van der Waals surface area contributed by atoms with Gasteiger partial charge in [0.15, 0.2) is 5.78 Å². The average Bonchev–Trinajstić information content (AvgIpc) is 2.97. The molecule has 1 aliphatic heterocycles. The summed E-state index contributed by atoms with van der Waals surface area (Å²) in [7, 11) is 0. The topological polar surface area (TPSA) is 74.1 Å². The molecule has 0 radical (unpaired) electrons. The van der Waals surface area contributed by atoms with Crippen LogP contribution in [0.25, 0.3) is 0 Å². The normalized spacial score (nSPS) is 46.0. The molecule has 6 aliphatic rings. The van der Waals surface area contributed by atoms with Crippen molar-refractivity contribution < 1.29 is 28.8 Å². The molecule has 6 rings (SSSR count). The van der Waals surface area contributed by atoms with Crippen molar-refractivity contribution in [3.63, 3.8) is 0 Å². The first-order valence-electron chi connectivity index (χ1n) is 18.4. The number of nitrogens with one attached hydrogen (secondary N) is 1. The number of likely N-dealkylation sites (tertiary alicyclic amines) is 1. The predicted octanol–water partition coefficient (Wildman–Crippen LogP) is 6.51. The maximum absolute atomic E-state index is 14.7. The van der Waals surface area contributed by atoms with E-state index >= 15 is 0 Å². The Morgan fingerprint density at radius 3 is 2.27 bits per heavy atom. The minimum absolute atomic E-state index is 0.0279. The lowest BCUT2D eigenvalue weighted by atomic mass is 9.33. The molecule has 1 saturated heterocycles. The molecule has 252 valence electrons. The van der Waals surface area contributed by atoms with Crippen LogP contribution in [0.4, 0.5) is 0 Å². The van der Waals surface area contributed by atoms with Gasteiger partial charge in [-0.1, -0.05) is 47.1 Å². The van der Waals surface area contributed by atoms with Gasteiger partial charge in [-0.25, -0.2) is 0 Å². The molecule has 6 nitrogen and oxygen atoms in total. The van der Waals surface area contributed by atoms with E-state index < -0.39 is 5.41 Å². The van der Waals surface area contributed by atoms with Crippen LogP contribution in [0.2, 0.25) is 0 Å². The number of quaternary nitrogens is 1. The first-order valence-corrected chi connectivity index (χ1v) is 18.4. The van der Waals surface area contributed by atoms with Gasteiger partial charge in [-0.05, 0) is 124 Å². The zero-order valence-corrected chi connectivity index (χ0v) is 29.7. The highest BCUT2D eigenvalue weighted by Crippen LogP contribution is 2.75. The first-order chi connectivity index (χ1) is 21.0. The lowest BCUT2D eigenvalue weighted by molar-refractivity contribution is -0.905. The number of fused-ring (bicyclic) bond motifs is 7. The summed E-state index contributed by atoms with van der Waals surface area (Å²) in [6, 6.07) is 0. The Labute approximate surface area is 272 Å². The van der Waals surface area contributed by atoms with Crippen molar-refractivity contribution in [2.24, 2.45) is 50.2 Å². The SMILES string of the molecule is CC(=O)O[C@@H]1CC[C@@]2(C)[C@H](CC[C@]3(C)[C@@H]2C(=O)C=C2[C@H]4C[C@@](C)(C(=O)OCC[NH+]5CCCCC5)CC[C@]4(C)CC[C@@]23C)C1(C)C. The lowest BCUT2D eigenvalue weighted by Gasteiger charge is -2.70. The summed E-state index contributed by atoms with van der Waals surface area (Å²) in [5, 5.41) is 0. The second-order valence-electron chi connectivity index (χ2n) is 18.4. The molecule has 0 bridgehead atoms. The first kappa shape index (κ1) is 33.2. The van der Waals surface area contributed by atoms with Gasteiger partial charge < -0.3 is 14.4 Å². The summed E-state index contributed by atoms with van der Waals surface area (Å²) in [4.78, 5) is 42.0. The number of allylic oxidation sites excluding steroid dienone is 2. The summed E-state index contributed by atoms with van der Waals surface area (Å²) in [5.74, 6) is 0.567. The monoisotopic (exact) mass is 624 g/mol. The number of rotatable bonds is 5. The maximum atomic E-state index is 14.7. The second-order valence-corrected chi connectivity index (χ2v) is 18.4. The van der Waals surface area contributed by atoms with E-state index in [1.54, 1.807) is 4.90 Å². The Bertz CT molecular complexity index is 1250. The zero-order chi connectivity index (χ0) is 32.6. The molecule has 1 heterocycles. The molecular weight excluding hydrogens is 562 g/mol. The van der Waals surface area contributed by atoms with Gasteiger partial charge in [-0.3, -0.25) is 14.4 Å². The van der Waals surface area contributed by atoms with E-state index in [9.17, 15) is 14.4 Å². The molecule has 0 unspecified atom stereocenters. The van der Waals surface area contributed by atoms with E-state index in [0.717, 1.165) is 64.3 Å². The van der Waals surface area contributed by atoms with Gasteiger partial charge in [-0.15, -0.1) is 0 Å². The van der Waals surface area contributed by atoms with Crippen LogP contribution in [0.5, 0.6) is 0 Å². The van der Waals surface area contributed by atoms with Gasteiger partial charge in [0.25, 0.3) is 0 Å². The van der Waals surface area contributed by atoms with Gasteiger partial charge >= 0.3 is 11.9 Å². The highest BCUT2D eigenvalue weighted by molar-refractivity contribution is 5.95. The van der Waals surface area contributed by atoms with Crippen molar-refractivity contribution in [3.05, 3.63) is 11.6 Å². The molecule has 45 heavy (non-hydrogen) atoms. The van der Waals surface area contributed by atoms with Crippen LogP contribution in [-0.4, -0.2) is 50.1 Å². The molecule has 0 aromatic rings. The van der Waals surface area contributed by atoms with Gasteiger partial charge in [0.1, 0.15) is 19.3 Å². The third-order valence-electron chi connectivity index (χ3n) is 15.6. The molecule has 1 N–H and O–H groups in total. The molecule has 0 amide bonds. The largest absolute Gasteiger partial charge is 0.462 e. The van der Waals surface area contributed by atoms with Crippen LogP contribution in [0, 0.1) is 50.2 Å². The number of ether oxygens (including phenoxy) is 2. The van der Waals surface area contributed by atoms with Crippen molar-refractivity contribution in [2.75, 3.05) is 26.2 Å². The Hall–Kier alpha value is -1.69. The van der Waals surface area contributed by atoms with Crippen molar-refractivity contribution in [1.29, 1.82) is 0 Å². The van der Waals surface area contributed by atoms with E-state index in [1.165, 1.54) is 44.8 Å². The van der Waals surface area contributed by atoms with E-state index in [-0.39, 0.29) is 57.0 Å². The van der Waals surface area contributed by atoms with Crippen LogP contribution in [0.1, 0.15) is 132 Å². The van der Waals surface area contributed by atoms with Crippen LogP contribution in [0.15, 0.2) is 11.6 Å². The molecule has 4 saturated carbocycles. The van der Waals surface area contributed by atoms with Crippen LogP contribution in [0.3, 0.4) is 0 Å². The van der Waals surface area contributed by atoms with E-state index in [1.807, 2.05) is 0 Å². The van der Waals surface area contributed by atoms with E-state index in [2.05, 4.69) is 54.5 Å². The number of hydrogen-bond donors (Lipinski definition) is 1. The van der Waals surface area contributed by atoms with Gasteiger partial charge in [0.05, 0.1) is 18.5 Å². The molecular formula is C39H62NO5+. The Balaban J connectivity index is 1.27. The summed E-state index contributed by atoms with van der Waals surface area (Å²) < 4.78 is 11.9. The molecule has 5 aliphatic carbocycles. The van der Waals surface area contributed by atoms with Gasteiger partial charge in [0, 0.05) is 18.3 Å². The van der Waals surface area contributed by atoms with Crippen LogP contribution < -0.4 is 4.90 Å². The summed E-state index contributed by atoms with van der Waals surface area (Å²) in [6.07, 6.45) is 14.6. The number of esters is 2. The minimum atomic E-state index is -0.510. The molecule has 9 atom stereocenters. The fraction of sp³-hybridized carbons (Fsp3) is 0.872. The predicted molar refractivity (Wildman–Crippen MR) is 175 cm³/mol. The van der Waals surface area contributed by atoms with E-state index in [0.29, 0.717) is 18.3 Å². The number of hydrogen-bond acceptors (Lipinski definition) is 5. The number of ketones is 1. The van der Waals surface area contributed by atoms with Crippen LogP contribution >= 0.6 is 0 Å². The summed E-state index contributed by atoms with van der Waals surface area (Å²) in [6.45, 7) is 21.7. The fourth-order valence-corrected chi connectivity index (χ4v) is 12.5. The number of carbonyl (C=O) groups excluding carboxylic acids is 3. The van der Waals surface area contributed by atoms with E-state index in [4.69, 9.17) is 9.47 Å². The van der Waals surface area contributed by atoms with Gasteiger partial charge in [-0.2, -0.15) is 0 Å². The van der Waals surface area contributed by atoms with Crippen molar-refractivity contribution in [1.82, 2.24) is 0 Å².